The van der Waals surface area contributed by atoms with Crippen LogP contribution in [0.1, 0.15) is 33.1 Å². The van der Waals surface area contributed by atoms with Crippen molar-refractivity contribution in [2.45, 2.75) is 33.1 Å². The van der Waals surface area contributed by atoms with Crippen molar-refractivity contribution in [3.05, 3.63) is 36.0 Å². The average Bonchev–Trinajstić information content (AvgIpc) is 2.61. The second-order valence-corrected chi connectivity index (χ2v) is 5.66. The van der Waals surface area contributed by atoms with Crippen molar-refractivity contribution >= 4 is 23.2 Å². The Bertz CT molecular complexity index is 648. The van der Waals surface area contributed by atoms with Gasteiger partial charge < -0.3 is 20.7 Å². The summed E-state index contributed by atoms with van der Waals surface area (Å²) >= 11 is 0. The predicted octanol–water partition coefficient (Wildman–Crippen LogP) is 2.79. The molecule has 1 aromatic rings. The molecule has 7 heteroatoms. The maximum absolute atomic E-state index is 12.1. The van der Waals surface area contributed by atoms with Gasteiger partial charge in [-0.1, -0.05) is 13.3 Å². The molecule has 0 saturated heterocycles. The summed E-state index contributed by atoms with van der Waals surface area (Å²) in [4.78, 5) is 23.1. The van der Waals surface area contributed by atoms with Crippen LogP contribution in [0.3, 0.4) is 0 Å². The fourth-order valence-electron chi connectivity index (χ4n) is 1.99. The molecule has 0 saturated carbocycles. The third kappa shape index (κ3) is 8.85. The molecule has 7 nitrogen and oxygen atoms in total. The van der Waals surface area contributed by atoms with E-state index in [-0.39, 0.29) is 11.5 Å². The molecule has 0 aliphatic rings. The minimum absolute atomic E-state index is 0.0113. The molecular weight excluding hydrogens is 332 g/mol. The van der Waals surface area contributed by atoms with E-state index >= 15 is 0 Å². The minimum Gasteiger partial charge on any atom is -0.390 e. The predicted molar refractivity (Wildman–Crippen MR) is 101 cm³/mol. The molecule has 0 aliphatic carbocycles. The Labute approximate surface area is 154 Å². The highest BCUT2D eigenvalue weighted by atomic mass is 16.5. The summed E-state index contributed by atoms with van der Waals surface area (Å²) in [5.74, 6) is -0.662. The van der Waals surface area contributed by atoms with Crippen LogP contribution in [0.2, 0.25) is 0 Å². The van der Waals surface area contributed by atoms with Crippen molar-refractivity contribution in [3.63, 3.8) is 0 Å². The first kappa shape index (κ1) is 21.2. The summed E-state index contributed by atoms with van der Waals surface area (Å²) in [5.41, 5.74) is 1.16. The number of unbranched alkanes of at least 4 members (excludes halogenated alkanes) is 1. The number of nitrogens with one attached hydrogen (secondary N) is 3. The van der Waals surface area contributed by atoms with E-state index in [2.05, 4.69) is 22.9 Å². The number of hydrogen-bond donors (Lipinski definition) is 3. The van der Waals surface area contributed by atoms with Gasteiger partial charge in [-0.2, -0.15) is 5.26 Å². The van der Waals surface area contributed by atoms with Crippen molar-refractivity contribution in [2.75, 3.05) is 30.4 Å². The molecule has 140 valence electrons. The van der Waals surface area contributed by atoms with E-state index in [1.54, 1.807) is 24.3 Å². The van der Waals surface area contributed by atoms with Gasteiger partial charge in [0, 0.05) is 44.3 Å². The van der Waals surface area contributed by atoms with Crippen LogP contribution >= 0.6 is 0 Å². The lowest BCUT2D eigenvalue weighted by Crippen LogP contribution is -2.18. The Morgan fingerprint density at radius 3 is 2.31 bits per heavy atom. The topological polar surface area (TPSA) is 103 Å². The Hall–Kier alpha value is -2.85. The molecule has 1 rings (SSSR count). The highest BCUT2D eigenvalue weighted by Gasteiger charge is 2.09. The smallest absolute Gasteiger partial charge is 0.267 e. The molecule has 26 heavy (non-hydrogen) atoms. The van der Waals surface area contributed by atoms with E-state index in [0.717, 1.165) is 25.9 Å². The van der Waals surface area contributed by atoms with Gasteiger partial charge in [-0.05, 0) is 37.1 Å². The van der Waals surface area contributed by atoms with Gasteiger partial charge in [0.25, 0.3) is 5.91 Å². The SMILES string of the molecule is CCCCOCCCN/C=C(/C#N)C(=O)Nc1ccc(NC(C)=O)cc1. The van der Waals surface area contributed by atoms with Crippen molar-refractivity contribution in [1.82, 2.24) is 5.32 Å². The zero-order valence-electron chi connectivity index (χ0n) is 15.3. The highest BCUT2D eigenvalue weighted by molar-refractivity contribution is 6.06. The highest BCUT2D eigenvalue weighted by Crippen LogP contribution is 2.14. The molecule has 0 atom stereocenters. The number of carbonyl (C=O) groups excluding carboxylic acids is 2. The number of ether oxygens (including phenoxy) is 1. The van der Waals surface area contributed by atoms with Gasteiger partial charge in [0.2, 0.25) is 5.91 Å². The van der Waals surface area contributed by atoms with Gasteiger partial charge >= 0.3 is 0 Å². The second-order valence-electron chi connectivity index (χ2n) is 5.66. The van der Waals surface area contributed by atoms with Gasteiger partial charge in [-0.3, -0.25) is 9.59 Å². The van der Waals surface area contributed by atoms with Crippen LogP contribution in [0.25, 0.3) is 0 Å². The van der Waals surface area contributed by atoms with Gasteiger partial charge in [-0.25, -0.2) is 0 Å². The molecule has 1 aromatic carbocycles. The number of carbonyl (C=O) groups is 2. The lowest BCUT2D eigenvalue weighted by atomic mass is 10.2. The van der Waals surface area contributed by atoms with Crippen LogP contribution in [0.4, 0.5) is 11.4 Å². The zero-order chi connectivity index (χ0) is 19.2. The van der Waals surface area contributed by atoms with E-state index in [4.69, 9.17) is 10.00 Å². The quantitative estimate of drug-likeness (QED) is 0.321. The van der Waals surface area contributed by atoms with Crippen LogP contribution in [0.15, 0.2) is 36.0 Å². The first-order chi connectivity index (χ1) is 12.6. The summed E-state index contributed by atoms with van der Waals surface area (Å²) in [6, 6.07) is 8.52. The standard InChI is InChI=1S/C19H26N4O3/c1-3-4-11-26-12-5-10-21-14-16(13-20)19(25)23-18-8-6-17(7-9-18)22-15(2)24/h6-9,14,21H,3-5,10-12H2,1-2H3,(H,22,24)(H,23,25)/b16-14-. The number of benzene rings is 1. The maximum atomic E-state index is 12.1. The molecule has 0 spiro atoms. The molecule has 0 radical (unpaired) electrons. The molecule has 0 aromatic heterocycles. The molecule has 0 heterocycles. The van der Waals surface area contributed by atoms with Crippen LogP contribution in [-0.2, 0) is 14.3 Å². The lowest BCUT2D eigenvalue weighted by Gasteiger charge is -2.07. The normalized spacial score (nSPS) is 10.7. The molecule has 0 unspecified atom stereocenters. The summed E-state index contributed by atoms with van der Waals surface area (Å²) in [5, 5.41) is 17.4. The summed E-state index contributed by atoms with van der Waals surface area (Å²) in [7, 11) is 0. The number of nitriles is 1. The van der Waals surface area contributed by atoms with Crippen LogP contribution in [-0.4, -0.2) is 31.6 Å². The first-order valence-corrected chi connectivity index (χ1v) is 8.67. The number of hydrogen-bond acceptors (Lipinski definition) is 5. The Balaban J connectivity index is 2.40. The summed E-state index contributed by atoms with van der Waals surface area (Å²) in [6.07, 6.45) is 4.37. The fourth-order valence-corrected chi connectivity index (χ4v) is 1.99. The van der Waals surface area contributed by atoms with Crippen molar-refractivity contribution < 1.29 is 14.3 Å². The molecule has 0 bridgehead atoms. The second kappa shape index (κ2) is 12.5. The molecule has 2 amide bonds. The fraction of sp³-hybridized carbons (Fsp3) is 0.421. The Morgan fingerprint density at radius 1 is 1.12 bits per heavy atom. The number of nitrogens with zero attached hydrogens (tertiary/aromatic N) is 1. The van der Waals surface area contributed by atoms with Gasteiger partial charge in [-0.15, -0.1) is 0 Å². The maximum Gasteiger partial charge on any atom is 0.267 e. The number of rotatable bonds is 11. The Kier molecular flexibility index (Phi) is 10.2. The molecule has 0 fully saturated rings. The van der Waals surface area contributed by atoms with Gasteiger partial charge in [0.1, 0.15) is 11.6 Å². The van der Waals surface area contributed by atoms with Gasteiger partial charge in [0.15, 0.2) is 0 Å². The van der Waals surface area contributed by atoms with E-state index < -0.39 is 5.91 Å². The van der Waals surface area contributed by atoms with E-state index in [9.17, 15) is 9.59 Å². The van der Waals surface area contributed by atoms with E-state index in [1.165, 1.54) is 13.1 Å². The largest absolute Gasteiger partial charge is 0.390 e. The number of anilines is 2. The number of amides is 2. The van der Waals surface area contributed by atoms with Crippen LogP contribution in [0, 0.1) is 11.3 Å². The lowest BCUT2D eigenvalue weighted by molar-refractivity contribution is -0.114. The van der Waals surface area contributed by atoms with Crippen molar-refractivity contribution in [3.8, 4) is 6.07 Å². The summed E-state index contributed by atoms with van der Waals surface area (Å²) in [6.45, 7) is 5.57. The van der Waals surface area contributed by atoms with Crippen LogP contribution < -0.4 is 16.0 Å². The van der Waals surface area contributed by atoms with Crippen molar-refractivity contribution in [2.24, 2.45) is 0 Å². The average molecular weight is 358 g/mol. The molecule has 3 N–H and O–H groups in total. The van der Waals surface area contributed by atoms with E-state index in [1.807, 2.05) is 6.07 Å². The molecular formula is C19H26N4O3. The van der Waals surface area contributed by atoms with E-state index in [0.29, 0.717) is 24.5 Å². The zero-order valence-corrected chi connectivity index (χ0v) is 15.3. The minimum atomic E-state index is -0.494. The molecule has 0 aliphatic heterocycles. The van der Waals surface area contributed by atoms with Gasteiger partial charge in [0.05, 0.1) is 0 Å². The van der Waals surface area contributed by atoms with Crippen molar-refractivity contribution in [1.29, 1.82) is 5.26 Å². The first-order valence-electron chi connectivity index (χ1n) is 8.67. The monoisotopic (exact) mass is 358 g/mol. The third-order valence-corrected chi connectivity index (χ3v) is 3.33. The van der Waals surface area contributed by atoms with Crippen LogP contribution in [0.5, 0.6) is 0 Å². The third-order valence-electron chi connectivity index (χ3n) is 3.33. The summed E-state index contributed by atoms with van der Waals surface area (Å²) < 4.78 is 5.44. The Morgan fingerprint density at radius 2 is 1.73 bits per heavy atom.